The van der Waals surface area contributed by atoms with E-state index in [2.05, 4.69) is 11.6 Å². The molecule has 0 saturated carbocycles. The third-order valence-electron chi connectivity index (χ3n) is 3.15. The highest BCUT2D eigenvalue weighted by atomic mass is 16.5. The van der Waals surface area contributed by atoms with Gasteiger partial charge in [-0.25, -0.2) is 4.79 Å². The van der Waals surface area contributed by atoms with Gasteiger partial charge in [-0.15, -0.1) is 6.58 Å². The van der Waals surface area contributed by atoms with Gasteiger partial charge in [-0.1, -0.05) is 6.08 Å². The molecule has 16 heavy (non-hydrogen) atoms. The smallest absolute Gasteiger partial charge is 0.346 e. The van der Waals surface area contributed by atoms with E-state index in [1.807, 2.05) is 0 Å². The summed E-state index contributed by atoms with van der Waals surface area (Å²) in [6.07, 6.45) is 3.57. The third-order valence-corrected chi connectivity index (χ3v) is 3.15. The van der Waals surface area contributed by atoms with Gasteiger partial charge in [-0.05, 0) is 18.8 Å². The van der Waals surface area contributed by atoms with E-state index in [4.69, 9.17) is 10.5 Å². The van der Waals surface area contributed by atoms with Gasteiger partial charge in [0.05, 0.1) is 6.04 Å². The molecule has 0 aromatic heterocycles. The molecule has 2 aliphatic heterocycles. The Bertz CT molecular complexity index is 321. The molecule has 0 aromatic rings. The topological polar surface area (TPSA) is 67.9 Å². The number of carbonyl (C=O) groups excluding carboxylic acids is 1. The van der Waals surface area contributed by atoms with Crippen LogP contribution in [0.3, 0.4) is 0 Å². The summed E-state index contributed by atoms with van der Waals surface area (Å²) in [7, 11) is 0. The van der Waals surface area contributed by atoms with Crippen LogP contribution in [-0.4, -0.2) is 42.6 Å². The number of rotatable bonds is 3. The summed E-state index contributed by atoms with van der Waals surface area (Å²) in [6, 6.07) is -0.303. The number of nitrogens with zero attached hydrogens (tertiary/aromatic N) is 2. The molecule has 2 aliphatic rings. The summed E-state index contributed by atoms with van der Waals surface area (Å²) < 4.78 is 5.31. The van der Waals surface area contributed by atoms with Crippen LogP contribution in [0.5, 0.6) is 0 Å². The quantitative estimate of drug-likeness (QED) is 0.718. The first-order chi connectivity index (χ1) is 7.74. The first kappa shape index (κ1) is 11.1. The Morgan fingerprint density at radius 1 is 1.56 bits per heavy atom. The van der Waals surface area contributed by atoms with E-state index in [0.717, 1.165) is 26.1 Å². The van der Waals surface area contributed by atoms with Crippen molar-refractivity contribution in [3.05, 3.63) is 12.7 Å². The fourth-order valence-electron chi connectivity index (χ4n) is 2.38. The van der Waals surface area contributed by atoms with E-state index in [9.17, 15) is 4.79 Å². The molecule has 2 rings (SSSR count). The number of hydrogen-bond acceptors (Lipinski definition) is 3. The zero-order valence-corrected chi connectivity index (χ0v) is 9.26. The second kappa shape index (κ2) is 4.65. The van der Waals surface area contributed by atoms with Gasteiger partial charge in [0.2, 0.25) is 0 Å². The van der Waals surface area contributed by atoms with E-state index in [1.165, 1.54) is 0 Å². The lowest BCUT2D eigenvalue weighted by molar-refractivity contribution is 0.0508. The fourth-order valence-corrected chi connectivity index (χ4v) is 2.38. The minimum absolute atomic E-state index is 0.0607. The summed E-state index contributed by atoms with van der Waals surface area (Å²) >= 11 is 0. The molecule has 5 nitrogen and oxygen atoms in total. The number of amides is 2. The van der Waals surface area contributed by atoms with Crippen molar-refractivity contribution < 1.29 is 9.53 Å². The molecule has 5 heteroatoms. The maximum Gasteiger partial charge on any atom is 0.346 e. The number of amidine groups is 1. The minimum Gasteiger partial charge on any atom is -0.385 e. The first-order valence-electron chi connectivity index (χ1n) is 5.57. The van der Waals surface area contributed by atoms with Crippen molar-refractivity contribution >= 4 is 11.9 Å². The van der Waals surface area contributed by atoms with Crippen molar-refractivity contribution in [2.75, 3.05) is 19.8 Å². The molecule has 1 unspecified atom stereocenters. The average molecular weight is 223 g/mol. The highest BCUT2D eigenvalue weighted by Crippen LogP contribution is 2.26. The lowest BCUT2D eigenvalue weighted by atomic mass is 9.90. The normalized spacial score (nSPS) is 27.0. The van der Waals surface area contributed by atoms with Crippen molar-refractivity contribution in [3.8, 4) is 0 Å². The molecule has 2 N–H and O–H groups in total. The standard InChI is InChI=1S/C11H17N3O2/c1-2-5-14-9(10(12)13-11(14)15)8-3-6-16-7-4-8/h2,8-9H,1,3-7H2,(H2,12,13,15). The zero-order valence-electron chi connectivity index (χ0n) is 9.26. The molecule has 1 fully saturated rings. The van der Waals surface area contributed by atoms with Gasteiger partial charge in [0.1, 0.15) is 5.84 Å². The Morgan fingerprint density at radius 2 is 2.25 bits per heavy atom. The summed E-state index contributed by atoms with van der Waals surface area (Å²) in [4.78, 5) is 17.1. The Balaban J connectivity index is 2.12. The largest absolute Gasteiger partial charge is 0.385 e. The van der Waals surface area contributed by atoms with Crippen LogP contribution in [0.1, 0.15) is 12.8 Å². The molecule has 2 heterocycles. The molecule has 0 radical (unpaired) electrons. The maximum absolute atomic E-state index is 11.6. The van der Waals surface area contributed by atoms with Crippen LogP contribution in [-0.2, 0) is 4.74 Å². The van der Waals surface area contributed by atoms with Crippen LogP contribution < -0.4 is 5.73 Å². The molecule has 0 aliphatic carbocycles. The minimum atomic E-state index is -0.242. The van der Waals surface area contributed by atoms with Crippen molar-refractivity contribution in [1.29, 1.82) is 0 Å². The van der Waals surface area contributed by atoms with E-state index in [1.54, 1.807) is 11.0 Å². The lowest BCUT2D eigenvalue weighted by Gasteiger charge is -2.32. The van der Waals surface area contributed by atoms with Crippen LogP contribution in [0.2, 0.25) is 0 Å². The predicted octanol–water partition coefficient (Wildman–Crippen LogP) is 0.760. The van der Waals surface area contributed by atoms with E-state index >= 15 is 0 Å². The second-order valence-electron chi connectivity index (χ2n) is 4.15. The van der Waals surface area contributed by atoms with E-state index in [0.29, 0.717) is 18.3 Å². The predicted molar refractivity (Wildman–Crippen MR) is 61.3 cm³/mol. The zero-order chi connectivity index (χ0) is 11.5. The van der Waals surface area contributed by atoms with Crippen LogP contribution >= 0.6 is 0 Å². The molecule has 1 atom stereocenters. The number of urea groups is 1. The van der Waals surface area contributed by atoms with Crippen LogP contribution in [0.15, 0.2) is 17.6 Å². The summed E-state index contributed by atoms with van der Waals surface area (Å²) in [5, 5.41) is 0. The van der Waals surface area contributed by atoms with Crippen molar-refractivity contribution in [1.82, 2.24) is 4.90 Å². The molecule has 0 spiro atoms. The molecule has 1 saturated heterocycles. The SMILES string of the molecule is C=CCN1C(=O)N=C(N)C1C1CCOCC1. The molecular formula is C11H17N3O2. The number of aliphatic imine (C=N–C) groups is 1. The summed E-state index contributed by atoms with van der Waals surface area (Å²) in [6.45, 7) is 5.64. The maximum atomic E-state index is 11.6. The average Bonchev–Trinajstić information content (AvgIpc) is 2.56. The van der Waals surface area contributed by atoms with Gasteiger partial charge in [0.15, 0.2) is 0 Å². The van der Waals surface area contributed by atoms with Crippen molar-refractivity contribution in [2.45, 2.75) is 18.9 Å². The second-order valence-corrected chi connectivity index (χ2v) is 4.15. The van der Waals surface area contributed by atoms with E-state index in [-0.39, 0.29) is 12.1 Å². The summed E-state index contributed by atoms with van der Waals surface area (Å²) in [5.41, 5.74) is 5.83. The van der Waals surface area contributed by atoms with Crippen LogP contribution in [0.25, 0.3) is 0 Å². The van der Waals surface area contributed by atoms with Gasteiger partial charge < -0.3 is 15.4 Å². The molecule has 0 bridgehead atoms. The fraction of sp³-hybridized carbons (Fsp3) is 0.636. The molecule has 0 aromatic carbocycles. The van der Waals surface area contributed by atoms with E-state index < -0.39 is 0 Å². The monoisotopic (exact) mass is 223 g/mol. The number of nitrogens with two attached hydrogens (primary N) is 1. The Morgan fingerprint density at radius 3 is 2.88 bits per heavy atom. The summed E-state index contributed by atoms with van der Waals surface area (Å²) in [5.74, 6) is 0.808. The highest BCUT2D eigenvalue weighted by Gasteiger charge is 2.38. The number of hydrogen-bond donors (Lipinski definition) is 1. The Labute approximate surface area is 95.0 Å². The van der Waals surface area contributed by atoms with Gasteiger partial charge in [-0.2, -0.15) is 4.99 Å². The van der Waals surface area contributed by atoms with Gasteiger partial charge in [0, 0.05) is 19.8 Å². The van der Waals surface area contributed by atoms with Crippen LogP contribution in [0.4, 0.5) is 4.79 Å². The Hall–Kier alpha value is -1.36. The van der Waals surface area contributed by atoms with Crippen LogP contribution in [0, 0.1) is 5.92 Å². The highest BCUT2D eigenvalue weighted by molar-refractivity contribution is 6.03. The van der Waals surface area contributed by atoms with Gasteiger partial charge in [0.25, 0.3) is 0 Å². The molecular weight excluding hydrogens is 206 g/mol. The lowest BCUT2D eigenvalue weighted by Crippen LogP contribution is -2.47. The third kappa shape index (κ3) is 1.95. The molecule has 2 amide bonds. The molecule has 88 valence electrons. The van der Waals surface area contributed by atoms with Gasteiger partial charge >= 0.3 is 6.03 Å². The Kier molecular flexibility index (Phi) is 3.24. The van der Waals surface area contributed by atoms with Gasteiger partial charge in [-0.3, -0.25) is 0 Å². The van der Waals surface area contributed by atoms with Crippen molar-refractivity contribution in [3.63, 3.8) is 0 Å². The number of carbonyl (C=O) groups is 1. The first-order valence-corrected chi connectivity index (χ1v) is 5.57. The van der Waals surface area contributed by atoms with Crippen molar-refractivity contribution in [2.24, 2.45) is 16.6 Å². The number of ether oxygens (including phenoxy) is 1.